The number of hydrogen-bond donors (Lipinski definition) is 2. The zero-order valence-electron chi connectivity index (χ0n) is 18.1. The van der Waals surface area contributed by atoms with E-state index < -0.39 is 0 Å². The molecule has 0 amide bonds. The van der Waals surface area contributed by atoms with Gasteiger partial charge in [-0.3, -0.25) is 9.39 Å². The van der Waals surface area contributed by atoms with Gasteiger partial charge in [0.25, 0.3) is 0 Å². The normalized spacial score (nSPS) is 11.9. The van der Waals surface area contributed by atoms with E-state index in [0.29, 0.717) is 0 Å². The minimum atomic E-state index is 0. The Bertz CT molecular complexity index is 918. The van der Waals surface area contributed by atoms with Crippen molar-refractivity contribution in [3.8, 4) is 0 Å². The quantitative estimate of drug-likeness (QED) is 0.252. The fourth-order valence-electron chi connectivity index (χ4n) is 3.69. The maximum atomic E-state index is 4.94. The summed E-state index contributed by atoms with van der Waals surface area (Å²) in [6, 6.07) is 16.7. The van der Waals surface area contributed by atoms with Crippen molar-refractivity contribution < 1.29 is 0 Å². The lowest BCUT2D eigenvalue weighted by molar-refractivity contribution is 0.407. The van der Waals surface area contributed by atoms with Crippen LogP contribution in [0.4, 0.5) is 0 Å². The smallest absolute Gasteiger partial charge is 0.191 e. The molecule has 0 aliphatic rings. The van der Waals surface area contributed by atoms with Gasteiger partial charge in [0.1, 0.15) is 5.82 Å². The molecule has 0 fully saturated rings. The van der Waals surface area contributed by atoms with Crippen LogP contribution in [0.25, 0.3) is 5.65 Å². The molecular formula is C23H33IN6. The van der Waals surface area contributed by atoms with Crippen LogP contribution in [-0.4, -0.2) is 40.2 Å². The lowest BCUT2D eigenvalue weighted by atomic mass is 9.76. The molecule has 2 heterocycles. The van der Waals surface area contributed by atoms with Crippen molar-refractivity contribution in [1.29, 1.82) is 0 Å². The van der Waals surface area contributed by atoms with Crippen LogP contribution in [0.5, 0.6) is 0 Å². The monoisotopic (exact) mass is 520 g/mol. The predicted molar refractivity (Wildman–Crippen MR) is 135 cm³/mol. The summed E-state index contributed by atoms with van der Waals surface area (Å²) in [6.45, 7) is 8.93. The van der Waals surface area contributed by atoms with Crippen LogP contribution in [0.3, 0.4) is 0 Å². The lowest BCUT2D eigenvalue weighted by Gasteiger charge is -2.31. The molecule has 7 heteroatoms. The van der Waals surface area contributed by atoms with Crippen molar-refractivity contribution >= 4 is 35.6 Å². The van der Waals surface area contributed by atoms with Gasteiger partial charge in [-0.2, -0.15) is 0 Å². The molecule has 0 unspecified atom stereocenters. The number of guanidine groups is 1. The van der Waals surface area contributed by atoms with Crippen molar-refractivity contribution in [3.63, 3.8) is 0 Å². The highest BCUT2D eigenvalue weighted by Crippen LogP contribution is 2.31. The fourth-order valence-corrected chi connectivity index (χ4v) is 3.69. The van der Waals surface area contributed by atoms with Gasteiger partial charge in [0, 0.05) is 31.1 Å². The largest absolute Gasteiger partial charge is 0.357 e. The first kappa shape index (κ1) is 24.1. The van der Waals surface area contributed by atoms with E-state index in [4.69, 9.17) is 4.99 Å². The molecule has 0 saturated carbocycles. The van der Waals surface area contributed by atoms with Gasteiger partial charge < -0.3 is 10.6 Å². The second kappa shape index (κ2) is 11.9. The summed E-state index contributed by atoms with van der Waals surface area (Å²) in [5.74, 6) is 1.80. The molecule has 3 rings (SSSR count). The Morgan fingerprint density at radius 3 is 2.40 bits per heavy atom. The molecule has 30 heavy (non-hydrogen) atoms. The van der Waals surface area contributed by atoms with Crippen LogP contribution < -0.4 is 10.6 Å². The van der Waals surface area contributed by atoms with Crippen molar-refractivity contribution in [2.45, 2.75) is 45.4 Å². The molecular weight excluding hydrogens is 487 g/mol. The van der Waals surface area contributed by atoms with Crippen LogP contribution in [-0.2, 0) is 11.8 Å². The van der Waals surface area contributed by atoms with Crippen molar-refractivity contribution in [3.05, 3.63) is 66.1 Å². The van der Waals surface area contributed by atoms with Gasteiger partial charge in [-0.05, 0) is 37.5 Å². The van der Waals surface area contributed by atoms with Gasteiger partial charge in [-0.15, -0.1) is 34.2 Å². The predicted octanol–water partition coefficient (Wildman–Crippen LogP) is 4.20. The second-order valence-corrected chi connectivity index (χ2v) is 7.27. The van der Waals surface area contributed by atoms with E-state index in [2.05, 4.69) is 71.9 Å². The highest BCUT2D eigenvalue weighted by Gasteiger charge is 2.28. The van der Waals surface area contributed by atoms with E-state index in [0.717, 1.165) is 56.3 Å². The van der Waals surface area contributed by atoms with Gasteiger partial charge >= 0.3 is 0 Å². The molecule has 2 N–H and O–H groups in total. The Morgan fingerprint density at radius 1 is 0.967 bits per heavy atom. The van der Waals surface area contributed by atoms with Crippen LogP contribution in [0.15, 0.2) is 59.7 Å². The maximum Gasteiger partial charge on any atom is 0.191 e. The number of nitrogens with zero attached hydrogens (tertiary/aromatic N) is 4. The molecule has 1 aromatic carbocycles. The Hall–Kier alpha value is -2.16. The molecule has 162 valence electrons. The zero-order chi connectivity index (χ0) is 20.5. The average Bonchev–Trinajstić information content (AvgIpc) is 3.19. The molecule has 3 aromatic rings. The minimum absolute atomic E-state index is 0. The van der Waals surface area contributed by atoms with E-state index in [1.807, 2.05) is 28.8 Å². The number of pyridine rings is 1. The van der Waals surface area contributed by atoms with Crippen LogP contribution in [0.1, 0.15) is 45.0 Å². The van der Waals surface area contributed by atoms with Crippen LogP contribution >= 0.6 is 24.0 Å². The number of rotatable bonds is 9. The van der Waals surface area contributed by atoms with Gasteiger partial charge in [-0.25, -0.2) is 0 Å². The third kappa shape index (κ3) is 5.71. The molecule has 0 saturated heterocycles. The van der Waals surface area contributed by atoms with E-state index in [9.17, 15) is 0 Å². The number of aliphatic imine (C=N–C) groups is 1. The molecule has 2 aromatic heterocycles. The summed E-state index contributed by atoms with van der Waals surface area (Å²) in [4.78, 5) is 4.94. The first-order valence-corrected chi connectivity index (χ1v) is 10.6. The van der Waals surface area contributed by atoms with Crippen molar-refractivity contribution in [2.75, 3.05) is 19.6 Å². The lowest BCUT2D eigenvalue weighted by Crippen LogP contribution is -2.40. The number of hydrogen-bond acceptors (Lipinski definition) is 3. The summed E-state index contributed by atoms with van der Waals surface area (Å²) < 4.78 is 2.03. The van der Waals surface area contributed by atoms with Crippen molar-refractivity contribution in [2.24, 2.45) is 4.99 Å². The molecule has 0 spiro atoms. The van der Waals surface area contributed by atoms with Crippen LogP contribution in [0.2, 0.25) is 0 Å². The third-order valence-corrected chi connectivity index (χ3v) is 5.65. The van der Waals surface area contributed by atoms with E-state index in [1.54, 1.807) is 0 Å². The molecule has 0 atom stereocenters. The van der Waals surface area contributed by atoms with E-state index >= 15 is 0 Å². The molecule has 0 aliphatic heterocycles. The van der Waals surface area contributed by atoms with Gasteiger partial charge in [0.15, 0.2) is 11.6 Å². The fraction of sp³-hybridized carbons (Fsp3) is 0.435. The number of halogens is 1. The Balaban J connectivity index is 0.00000320. The summed E-state index contributed by atoms with van der Waals surface area (Å²) >= 11 is 0. The zero-order valence-corrected chi connectivity index (χ0v) is 20.5. The first-order valence-electron chi connectivity index (χ1n) is 10.6. The summed E-state index contributed by atoms with van der Waals surface area (Å²) in [7, 11) is 0. The Kier molecular flexibility index (Phi) is 9.55. The molecule has 0 bridgehead atoms. The second-order valence-electron chi connectivity index (χ2n) is 7.27. The summed E-state index contributed by atoms with van der Waals surface area (Å²) in [6.07, 6.45) is 4.89. The van der Waals surface area contributed by atoms with Gasteiger partial charge in [0.2, 0.25) is 0 Å². The van der Waals surface area contributed by atoms with Crippen molar-refractivity contribution in [1.82, 2.24) is 25.2 Å². The Morgan fingerprint density at radius 2 is 1.70 bits per heavy atom. The first-order chi connectivity index (χ1) is 14.2. The maximum absolute atomic E-state index is 4.94. The van der Waals surface area contributed by atoms with E-state index in [1.165, 1.54) is 5.56 Å². The number of nitrogens with one attached hydrogen (secondary N) is 2. The van der Waals surface area contributed by atoms with Crippen LogP contribution in [0, 0.1) is 0 Å². The number of benzene rings is 1. The third-order valence-electron chi connectivity index (χ3n) is 5.65. The minimum Gasteiger partial charge on any atom is -0.357 e. The molecule has 0 radical (unpaired) electrons. The SMILES string of the molecule is CCNC(=NCC(CC)(CC)c1ccccc1)NCCc1nnc2ccccn12.I. The standard InChI is InChI=1S/C23H32N6.HI/c1-4-23(5-2,19-12-8-7-9-13-19)18-26-22(24-6-3)25-16-15-21-28-27-20-14-10-11-17-29(20)21;/h7-14,17H,4-6,15-16,18H2,1-3H3,(H2,24,25,26);1H. The number of aromatic nitrogens is 3. The summed E-state index contributed by atoms with van der Waals surface area (Å²) in [5, 5.41) is 15.3. The van der Waals surface area contributed by atoms with Gasteiger partial charge in [-0.1, -0.05) is 50.2 Å². The van der Waals surface area contributed by atoms with Gasteiger partial charge in [0.05, 0.1) is 6.54 Å². The summed E-state index contributed by atoms with van der Waals surface area (Å²) in [5.41, 5.74) is 2.30. The molecule has 0 aliphatic carbocycles. The molecule has 6 nitrogen and oxygen atoms in total. The Labute approximate surface area is 196 Å². The van der Waals surface area contributed by atoms with E-state index in [-0.39, 0.29) is 29.4 Å². The average molecular weight is 520 g/mol. The highest BCUT2D eigenvalue weighted by molar-refractivity contribution is 14.0. The number of fused-ring (bicyclic) bond motifs is 1. The highest BCUT2D eigenvalue weighted by atomic mass is 127. The topological polar surface area (TPSA) is 66.6 Å².